The molecule has 0 bridgehead atoms. The van der Waals surface area contributed by atoms with E-state index in [1.54, 1.807) is 0 Å². The number of rotatable bonds is 9. The normalized spacial score (nSPS) is 15.6. The lowest BCUT2D eigenvalue weighted by atomic mass is 10.1. The fourth-order valence-corrected chi connectivity index (χ4v) is 3.35. The molecule has 1 aromatic carbocycles. The minimum absolute atomic E-state index is 0.277. The number of carbonyl (C=O) groups excluding carboxylic acids is 1. The van der Waals surface area contributed by atoms with Crippen LogP contribution < -0.4 is 4.90 Å². The number of likely N-dealkylation sites (tertiary alicyclic amines) is 1. The van der Waals surface area contributed by atoms with Crippen molar-refractivity contribution < 1.29 is 4.79 Å². The van der Waals surface area contributed by atoms with Gasteiger partial charge in [0.15, 0.2) is 5.78 Å². The van der Waals surface area contributed by atoms with E-state index in [0.29, 0.717) is 6.42 Å². The molecular formula is C20H32N2O. The molecule has 0 N–H and O–H groups in total. The molecule has 0 radical (unpaired) electrons. The molecule has 0 spiro atoms. The molecular weight excluding hydrogens is 284 g/mol. The van der Waals surface area contributed by atoms with E-state index >= 15 is 0 Å². The molecule has 0 amide bonds. The van der Waals surface area contributed by atoms with Crippen LogP contribution in [0, 0.1) is 0 Å². The van der Waals surface area contributed by atoms with Crippen molar-refractivity contribution in [2.75, 3.05) is 37.6 Å². The number of hydrogen-bond acceptors (Lipinski definition) is 3. The van der Waals surface area contributed by atoms with Gasteiger partial charge < -0.3 is 9.80 Å². The maximum absolute atomic E-state index is 12.4. The highest BCUT2D eigenvalue weighted by Crippen LogP contribution is 2.17. The van der Waals surface area contributed by atoms with Crippen LogP contribution in [-0.4, -0.2) is 43.4 Å². The van der Waals surface area contributed by atoms with Gasteiger partial charge in [-0.25, -0.2) is 0 Å². The van der Waals surface area contributed by atoms with E-state index in [9.17, 15) is 4.79 Å². The summed E-state index contributed by atoms with van der Waals surface area (Å²) in [5.74, 6) is 0.277. The third kappa shape index (κ3) is 5.65. The van der Waals surface area contributed by atoms with Crippen molar-refractivity contribution in [1.29, 1.82) is 0 Å². The van der Waals surface area contributed by atoms with E-state index < -0.39 is 0 Å². The van der Waals surface area contributed by atoms with Crippen LogP contribution in [-0.2, 0) is 0 Å². The summed E-state index contributed by atoms with van der Waals surface area (Å²) in [5, 5.41) is 0. The van der Waals surface area contributed by atoms with Crippen molar-refractivity contribution in [1.82, 2.24) is 4.90 Å². The molecule has 0 aromatic heterocycles. The standard InChI is InChI=1S/C20H32N2O/c1-3-13-22(14-4-2)19-10-8-18(9-11-19)20(23)12-17-21-15-6-5-7-16-21/h8-11H,3-7,12-17H2,1-2H3. The maximum Gasteiger partial charge on any atom is 0.164 e. The minimum atomic E-state index is 0.277. The minimum Gasteiger partial charge on any atom is -0.372 e. The van der Waals surface area contributed by atoms with Gasteiger partial charge in [0.2, 0.25) is 0 Å². The average Bonchev–Trinajstić information content (AvgIpc) is 2.60. The Morgan fingerprint density at radius 1 is 1.00 bits per heavy atom. The molecule has 1 aliphatic heterocycles. The van der Waals surface area contributed by atoms with Gasteiger partial charge in [-0.1, -0.05) is 20.3 Å². The summed E-state index contributed by atoms with van der Waals surface area (Å²) in [6.45, 7) is 9.82. The van der Waals surface area contributed by atoms with Crippen molar-refractivity contribution in [3.05, 3.63) is 29.8 Å². The summed E-state index contributed by atoms with van der Waals surface area (Å²) in [6.07, 6.45) is 6.86. The molecule has 0 atom stereocenters. The smallest absolute Gasteiger partial charge is 0.164 e. The molecule has 2 rings (SSSR count). The second kappa shape index (κ2) is 9.71. The Labute approximate surface area is 141 Å². The van der Waals surface area contributed by atoms with Crippen LogP contribution >= 0.6 is 0 Å². The monoisotopic (exact) mass is 316 g/mol. The summed E-state index contributed by atoms with van der Waals surface area (Å²) in [7, 11) is 0. The van der Waals surface area contributed by atoms with E-state index in [-0.39, 0.29) is 5.78 Å². The van der Waals surface area contributed by atoms with Crippen molar-refractivity contribution in [3.63, 3.8) is 0 Å². The van der Waals surface area contributed by atoms with Crippen molar-refractivity contribution in [2.45, 2.75) is 52.4 Å². The average molecular weight is 316 g/mol. The number of ketones is 1. The molecule has 3 heteroatoms. The van der Waals surface area contributed by atoms with Gasteiger partial charge in [-0.05, 0) is 63.0 Å². The number of carbonyl (C=O) groups is 1. The molecule has 128 valence electrons. The first-order valence-corrected chi connectivity index (χ1v) is 9.35. The summed E-state index contributed by atoms with van der Waals surface area (Å²) >= 11 is 0. The molecule has 0 saturated carbocycles. The van der Waals surface area contributed by atoms with E-state index in [1.807, 2.05) is 12.1 Å². The fraction of sp³-hybridized carbons (Fsp3) is 0.650. The number of anilines is 1. The highest BCUT2D eigenvalue weighted by molar-refractivity contribution is 5.96. The first kappa shape index (κ1) is 18.0. The lowest BCUT2D eigenvalue weighted by molar-refractivity contribution is 0.0958. The number of benzene rings is 1. The predicted molar refractivity (Wildman–Crippen MR) is 98.5 cm³/mol. The van der Waals surface area contributed by atoms with Gasteiger partial charge in [0.1, 0.15) is 0 Å². The molecule has 23 heavy (non-hydrogen) atoms. The molecule has 3 nitrogen and oxygen atoms in total. The Morgan fingerprint density at radius 3 is 2.17 bits per heavy atom. The fourth-order valence-electron chi connectivity index (χ4n) is 3.35. The zero-order valence-corrected chi connectivity index (χ0v) is 14.9. The Bertz CT molecular complexity index is 457. The second-order valence-electron chi connectivity index (χ2n) is 6.61. The van der Waals surface area contributed by atoms with E-state index in [4.69, 9.17) is 0 Å². The largest absolute Gasteiger partial charge is 0.372 e. The van der Waals surface area contributed by atoms with Crippen LogP contribution in [0.5, 0.6) is 0 Å². The van der Waals surface area contributed by atoms with Gasteiger partial charge in [0.25, 0.3) is 0 Å². The van der Waals surface area contributed by atoms with Crippen LogP contribution in [0.3, 0.4) is 0 Å². The maximum atomic E-state index is 12.4. The van der Waals surface area contributed by atoms with E-state index in [2.05, 4.69) is 35.8 Å². The van der Waals surface area contributed by atoms with Gasteiger partial charge in [0, 0.05) is 37.3 Å². The Kier molecular flexibility index (Phi) is 7.60. The third-order valence-corrected chi connectivity index (χ3v) is 4.65. The van der Waals surface area contributed by atoms with Gasteiger partial charge >= 0.3 is 0 Å². The quantitative estimate of drug-likeness (QED) is 0.632. The molecule has 0 aliphatic carbocycles. The van der Waals surface area contributed by atoms with Crippen molar-refractivity contribution in [3.8, 4) is 0 Å². The second-order valence-corrected chi connectivity index (χ2v) is 6.61. The topological polar surface area (TPSA) is 23.6 Å². The third-order valence-electron chi connectivity index (χ3n) is 4.65. The number of nitrogens with zero attached hydrogens (tertiary/aromatic N) is 2. The lowest BCUT2D eigenvalue weighted by Gasteiger charge is -2.26. The Morgan fingerprint density at radius 2 is 1.61 bits per heavy atom. The van der Waals surface area contributed by atoms with Crippen LogP contribution in [0.25, 0.3) is 0 Å². The van der Waals surface area contributed by atoms with Gasteiger partial charge in [-0.2, -0.15) is 0 Å². The van der Waals surface area contributed by atoms with E-state index in [0.717, 1.165) is 51.1 Å². The predicted octanol–water partition coefficient (Wildman–Crippen LogP) is 4.37. The van der Waals surface area contributed by atoms with Crippen LogP contribution in [0.4, 0.5) is 5.69 Å². The zero-order valence-electron chi connectivity index (χ0n) is 14.9. The number of Topliss-reactive ketones (excluding diaryl/α,β-unsaturated/α-hetero) is 1. The first-order chi connectivity index (χ1) is 11.2. The molecule has 0 unspecified atom stereocenters. The molecule has 1 aromatic rings. The van der Waals surface area contributed by atoms with Crippen LogP contribution in [0.2, 0.25) is 0 Å². The number of piperidine rings is 1. The molecule has 1 heterocycles. The van der Waals surface area contributed by atoms with Crippen molar-refractivity contribution in [2.24, 2.45) is 0 Å². The van der Waals surface area contributed by atoms with E-state index in [1.165, 1.54) is 24.9 Å². The lowest BCUT2D eigenvalue weighted by Crippen LogP contribution is -2.31. The van der Waals surface area contributed by atoms with Gasteiger partial charge in [0.05, 0.1) is 0 Å². The van der Waals surface area contributed by atoms with Gasteiger partial charge in [-0.15, -0.1) is 0 Å². The Balaban J connectivity index is 1.88. The molecule has 1 aliphatic rings. The highest BCUT2D eigenvalue weighted by atomic mass is 16.1. The molecule has 1 saturated heterocycles. The summed E-state index contributed by atoms with van der Waals surface area (Å²) < 4.78 is 0. The Hall–Kier alpha value is -1.35. The summed E-state index contributed by atoms with van der Waals surface area (Å²) in [5.41, 5.74) is 2.10. The van der Waals surface area contributed by atoms with Crippen molar-refractivity contribution >= 4 is 11.5 Å². The highest BCUT2D eigenvalue weighted by Gasteiger charge is 2.13. The summed E-state index contributed by atoms with van der Waals surface area (Å²) in [6, 6.07) is 8.23. The SMILES string of the molecule is CCCN(CCC)c1ccc(C(=O)CCN2CCCCC2)cc1. The zero-order chi connectivity index (χ0) is 16.5. The van der Waals surface area contributed by atoms with Crippen LogP contribution in [0.1, 0.15) is 62.7 Å². The summed E-state index contributed by atoms with van der Waals surface area (Å²) in [4.78, 5) is 17.2. The molecule has 1 fully saturated rings. The van der Waals surface area contributed by atoms with Crippen LogP contribution in [0.15, 0.2) is 24.3 Å². The van der Waals surface area contributed by atoms with Gasteiger partial charge in [-0.3, -0.25) is 4.79 Å². The first-order valence-electron chi connectivity index (χ1n) is 9.35. The number of hydrogen-bond donors (Lipinski definition) is 0.